The number of thioether (sulfide) groups is 1. The van der Waals surface area contributed by atoms with E-state index in [0.29, 0.717) is 16.5 Å². The Morgan fingerprint density at radius 2 is 2.35 bits per heavy atom. The van der Waals surface area contributed by atoms with Gasteiger partial charge in [0.25, 0.3) is 0 Å². The van der Waals surface area contributed by atoms with E-state index >= 15 is 0 Å². The molecule has 1 heterocycles. The SMILES string of the molecule is Cn1c(SCc2cccc(N)c2F)n[nH]c1=O. The Balaban J connectivity index is 2.15. The van der Waals surface area contributed by atoms with Crippen molar-refractivity contribution in [1.82, 2.24) is 14.8 Å². The molecule has 1 aromatic heterocycles. The average Bonchev–Trinajstić information content (AvgIpc) is 2.62. The van der Waals surface area contributed by atoms with E-state index in [2.05, 4.69) is 10.2 Å². The minimum absolute atomic E-state index is 0.124. The second-order valence-corrected chi connectivity index (χ2v) is 4.42. The van der Waals surface area contributed by atoms with Crippen molar-refractivity contribution in [1.29, 1.82) is 0 Å². The molecule has 90 valence electrons. The maximum Gasteiger partial charge on any atom is 0.343 e. The topological polar surface area (TPSA) is 76.7 Å². The highest BCUT2D eigenvalue weighted by atomic mass is 32.2. The molecule has 0 aliphatic carbocycles. The largest absolute Gasteiger partial charge is 0.396 e. The van der Waals surface area contributed by atoms with Gasteiger partial charge in [-0.3, -0.25) is 4.57 Å². The number of nitrogens with one attached hydrogen (secondary N) is 1. The van der Waals surface area contributed by atoms with E-state index in [4.69, 9.17) is 5.73 Å². The number of nitrogens with zero attached hydrogens (tertiary/aromatic N) is 2. The predicted molar refractivity (Wildman–Crippen MR) is 64.2 cm³/mol. The number of hydrogen-bond donors (Lipinski definition) is 2. The highest BCUT2D eigenvalue weighted by molar-refractivity contribution is 7.98. The van der Waals surface area contributed by atoms with Crippen LogP contribution in [0.25, 0.3) is 0 Å². The lowest BCUT2D eigenvalue weighted by atomic mass is 10.2. The lowest BCUT2D eigenvalue weighted by Gasteiger charge is -2.04. The Morgan fingerprint density at radius 3 is 3.00 bits per heavy atom. The van der Waals surface area contributed by atoms with Gasteiger partial charge in [0.05, 0.1) is 5.69 Å². The Hall–Kier alpha value is -1.76. The second-order valence-electron chi connectivity index (χ2n) is 3.48. The number of nitrogens with two attached hydrogens (primary N) is 1. The maximum absolute atomic E-state index is 13.6. The summed E-state index contributed by atoms with van der Waals surface area (Å²) in [6.45, 7) is 0. The molecule has 1 aromatic carbocycles. The molecule has 7 heteroatoms. The van der Waals surface area contributed by atoms with Gasteiger partial charge in [-0.1, -0.05) is 23.9 Å². The summed E-state index contributed by atoms with van der Waals surface area (Å²) >= 11 is 1.27. The van der Waals surface area contributed by atoms with E-state index in [1.165, 1.54) is 22.4 Å². The van der Waals surface area contributed by atoms with Crippen molar-refractivity contribution >= 4 is 17.4 Å². The molecule has 0 saturated carbocycles. The van der Waals surface area contributed by atoms with Gasteiger partial charge in [0.2, 0.25) is 0 Å². The van der Waals surface area contributed by atoms with Crippen molar-refractivity contribution in [3.63, 3.8) is 0 Å². The average molecular weight is 254 g/mol. The Bertz CT molecular complexity index is 592. The molecular weight excluding hydrogens is 243 g/mol. The molecule has 0 amide bonds. The van der Waals surface area contributed by atoms with E-state index in [9.17, 15) is 9.18 Å². The van der Waals surface area contributed by atoms with Gasteiger partial charge >= 0.3 is 5.69 Å². The third kappa shape index (κ3) is 2.33. The predicted octanol–water partition coefficient (Wildman–Crippen LogP) is 1.12. The Kier molecular flexibility index (Phi) is 3.19. The molecule has 17 heavy (non-hydrogen) atoms. The van der Waals surface area contributed by atoms with Crippen LogP contribution in [0.3, 0.4) is 0 Å². The molecule has 0 spiro atoms. The number of nitrogen functional groups attached to an aromatic ring is 1. The van der Waals surface area contributed by atoms with Crippen LogP contribution in [0.2, 0.25) is 0 Å². The summed E-state index contributed by atoms with van der Waals surface area (Å²) in [5.74, 6) is -0.0461. The van der Waals surface area contributed by atoms with Gasteiger partial charge in [0.1, 0.15) is 5.82 Å². The fourth-order valence-electron chi connectivity index (χ4n) is 1.32. The molecule has 0 radical (unpaired) electrons. The Morgan fingerprint density at radius 1 is 1.59 bits per heavy atom. The minimum atomic E-state index is -0.416. The van der Waals surface area contributed by atoms with Crippen molar-refractivity contribution in [2.45, 2.75) is 10.9 Å². The van der Waals surface area contributed by atoms with Crippen LogP contribution >= 0.6 is 11.8 Å². The van der Waals surface area contributed by atoms with Crippen LogP contribution < -0.4 is 11.4 Å². The first-order valence-electron chi connectivity index (χ1n) is 4.86. The lowest BCUT2D eigenvalue weighted by Crippen LogP contribution is -2.12. The first-order valence-corrected chi connectivity index (χ1v) is 5.85. The van der Waals surface area contributed by atoms with Gasteiger partial charge < -0.3 is 5.73 Å². The van der Waals surface area contributed by atoms with Crippen LogP contribution in [-0.4, -0.2) is 14.8 Å². The minimum Gasteiger partial charge on any atom is -0.396 e. The molecule has 2 aromatic rings. The van der Waals surface area contributed by atoms with Crippen LogP contribution in [0.15, 0.2) is 28.2 Å². The molecule has 0 atom stereocenters. The van der Waals surface area contributed by atoms with Crippen molar-refractivity contribution in [2.75, 3.05) is 5.73 Å². The number of halogens is 1. The normalized spacial score (nSPS) is 10.7. The molecule has 0 fully saturated rings. The zero-order valence-electron chi connectivity index (χ0n) is 9.11. The highest BCUT2D eigenvalue weighted by Crippen LogP contribution is 2.23. The molecular formula is C10H11FN4OS. The molecule has 3 N–H and O–H groups in total. The van der Waals surface area contributed by atoms with Crippen molar-refractivity contribution < 1.29 is 4.39 Å². The smallest absolute Gasteiger partial charge is 0.343 e. The molecule has 5 nitrogen and oxygen atoms in total. The van der Waals surface area contributed by atoms with Gasteiger partial charge in [-0.15, -0.1) is 5.10 Å². The summed E-state index contributed by atoms with van der Waals surface area (Å²) in [6, 6.07) is 4.86. The first-order chi connectivity index (χ1) is 8.09. The summed E-state index contributed by atoms with van der Waals surface area (Å²) < 4.78 is 14.9. The first kappa shape index (κ1) is 11.7. The lowest BCUT2D eigenvalue weighted by molar-refractivity contribution is 0.622. The van der Waals surface area contributed by atoms with Gasteiger partial charge in [0.15, 0.2) is 5.16 Å². The fraction of sp³-hybridized carbons (Fsp3) is 0.200. The van der Waals surface area contributed by atoms with E-state index in [1.807, 2.05) is 0 Å². The van der Waals surface area contributed by atoms with E-state index in [-0.39, 0.29) is 11.4 Å². The number of benzene rings is 1. The van der Waals surface area contributed by atoms with Crippen molar-refractivity contribution in [2.24, 2.45) is 7.05 Å². The summed E-state index contributed by atoms with van der Waals surface area (Å²) in [4.78, 5) is 11.1. The van der Waals surface area contributed by atoms with Crippen molar-refractivity contribution in [3.8, 4) is 0 Å². The van der Waals surface area contributed by atoms with Gasteiger partial charge in [-0.05, 0) is 6.07 Å². The van der Waals surface area contributed by atoms with Crippen LogP contribution in [0.1, 0.15) is 5.56 Å². The zero-order valence-corrected chi connectivity index (χ0v) is 9.92. The molecule has 0 saturated heterocycles. The summed E-state index contributed by atoms with van der Waals surface area (Å²) in [7, 11) is 1.60. The number of hydrogen-bond acceptors (Lipinski definition) is 4. The summed E-state index contributed by atoms with van der Waals surface area (Å²) in [6.07, 6.45) is 0. The second kappa shape index (κ2) is 4.62. The van der Waals surface area contributed by atoms with Gasteiger partial charge in [0, 0.05) is 18.4 Å². The van der Waals surface area contributed by atoms with Crippen LogP contribution in [0.5, 0.6) is 0 Å². The number of rotatable bonds is 3. The van der Waals surface area contributed by atoms with Crippen LogP contribution in [0, 0.1) is 5.82 Å². The molecule has 2 rings (SSSR count). The summed E-state index contributed by atoms with van der Waals surface area (Å²) in [5.41, 5.74) is 5.79. The third-order valence-corrected chi connectivity index (χ3v) is 3.38. The molecule has 0 aliphatic rings. The number of H-pyrrole nitrogens is 1. The van der Waals surface area contributed by atoms with Gasteiger partial charge in [-0.2, -0.15) is 0 Å². The van der Waals surface area contributed by atoms with E-state index in [1.54, 1.807) is 19.2 Å². The highest BCUT2D eigenvalue weighted by Gasteiger charge is 2.09. The third-order valence-electron chi connectivity index (χ3n) is 2.30. The van der Waals surface area contributed by atoms with E-state index < -0.39 is 5.82 Å². The maximum atomic E-state index is 13.6. The Labute approximate surface area is 101 Å². The zero-order chi connectivity index (χ0) is 12.4. The monoisotopic (exact) mass is 254 g/mol. The number of aromatic amines is 1. The number of aromatic nitrogens is 3. The van der Waals surface area contributed by atoms with Crippen molar-refractivity contribution in [3.05, 3.63) is 40.1 Å². The molecule has 0 aliphatic heterocycles. The van der Waals surface area contributed by atoms with Crippen LogP contribution in [0.4, 0.5) is 10.1 Å². The molecule has 0 bridgehead atoms. The number of anilines is 1. The standard InChI is InChI=1S/C10H11FN4OS/c1-15-9(16)13-14-10(15)17-5-6-3-2-4-7(12)8(6)11/h2-4H,5,12H2,1H3,(H,13,16). The van der Waals surface area contributed by atoms with E-state index in [0.717, 1.165) is 0 Å². The fourth-order valence-corrected chi connectivity index (χ4v) is 2.21. The van der Waals surface area contributed by atoms with Gasteiger partial charge in [-0.25, -0.2) is 14.3 Å². The van der Waals surface area contributed by atoms with Crippen LogP contribution in [-0.2, 0) is 12.8 Å². The summed E-state index contributed by atoms with van der Waals surface area (Å²) in [5, 5.41) is 6.65. The molecule has 0 unspecified atom stereocenters. The quantitative estimate of drug-likeness (QED) is 0.635.